The molecule has 0 aliphatic carbocycles. The average molecular weight is 311 g/mol. The Labute approximate surface area is 136 Å². The number of hydrogen-bond donors (Lipinski definition) is 2. The van der Waals surface area contributed by atoms with Crippen LogP contribution in [0.5, 0.6) is 0 Å². The lowest BCUT2D eigenvalue weighted by Gasteiger charge is -2.08. The molecule has 0 aliphatic heterocycles. The zero-order chi connectivity index (χ0) is 16.8. The lowest BCUT2D eigenvalue weighted by atomic mass is 10.0. The Morgan fingerprint density at radius 1 is 1.04 bits per heavy atom. The molecule has 0 fully saturated rings. The second-order valence-corrected chi connectivity index (χ2v) is 5.71. The third-order valence-corrected chi connectivity index (χ3v) is 3.79. The fraction of sp³-hybridized carbons (Fsp3) is 0.263. The van der Waals surface area contributed by atoms with E-state index in [0.717, 1.165) is 22.3 Å². The highest BCUT2D eigenvalue weighted by molar-refractivity contribution is 5.87. The number of carboxylic acids is 1. The van der Waals surface area contributed by atoms with Gasteiger partial charge in [0.1, 0.15) is 0 Å². The van der Waals surface area contributed by atoms with Gasteiger partial charge in [-0.2, -0.15) is 0 Å². The first kappa shape index (κ1) is 16.7. The fourth-order valence-electron chi connectivity index (χ4n) is 2.39. The summed E-state index contributed by atoms with van der Waals surface area (Å²) in [5, 5.41) is 11.8. The predicted octanol–water partition coefficient (Wildman–Crippen LogP) is 2.90. The van der Waals surface area contributed by atoms with E-state index < -0.39 is 5.97 Å². The first-order valence-electron chi connectivity index (χ1n) is 7.61. The van der Waals surface area contributed by atoms with Gasteiger partial charge in [-0.05, 0) is 49.1 Å². The SMILES string of the molecule is Cc1ccc(C)c(CC(=O)NCCc2ccc(C(=O)O)cc2)c1. The largest absolute Gasteiger partial charge is 0.478 e. The van der Waals surface area contributed by atoms with Crippen molar-refractivity contribution in [3.63, 3.8) is 0 Å². The molecule has 2 rings (SSSR count). The molecule has 4 nitrogen and oxygen atoms in total. The van der Waals surface area contributed by atoms with Crippen LogP contribution < -0.4 is 5.32 Å². The van der Waals surface area contributed by atoms with Crippen molar-refractivity contribution in [1.29, 1.82) is 0 Å². The minimum atomic E-state index is -0.932. The summed E-state index contributed by atoms with van der Waals surface area (Å²) in [6.45, 7) is 4.56. The van der Waals surface area contributed by atoms with Crippen LogP contribution in [0, 0.1) is 13.8 Å². The van der Waals surface area contributed by atoms with E-state index in [1.807, 2.05) is 32.0 Å². The van der Waals surface area contributed by atoms with E-state index in [1.165, 1.54) is 0 Å². The van der Waals surface area contributed by atoms with Gasteiger partial charge in [0.05, 0.1) is 12.0 Å². The number of carboxylic acid groups (broad SMARTS) is 1. The van der Waals surface area contributed by atoms with E-state index in [1.54, 1.807) is 24.3 Å². The van der Waals surface area contributed by atoms with Crippen molar-refractivity contribution < 1.29 is 14.7 Å². The molecule has 0 radical (unpaired) electrons. The number of aromatic carboxylic acids is 1. The minimum absolute atomic E-state index is 0.000793. The molecule has 0 saturated heterocycles. The summed E-state index contributed by atoms with van der Waals surface area (Å²) in [5.41, 5.74) is 4.59. The molecular formula is C19H21NO3. The van der Waals surface area contributed by atoms with Gasteiger partial charge in [0.25, 0.3) is 0 Å². The van der Waals surface area contributed by atoms with Crippen molar-refractivity contribution in [3.8, 4) is 0 Å². The Balaban J connectivity index is 1.82. The number of aryl methyl sites for hydroxylation is 2. The summed E-state index contributed by atoms with van der Waals surface area (Å²) >= 11 is 0. The van der Waals surface area contributed by atoms with E-state index in [4.69, 9.17) is 5.11 Å². The monoisotopic (exact) mass is 311 g/mol. The van der Waals surface area contributed by atoms with E-state index in [0.29, 0.717) is 19.4 Å². The van der Waals surface area contributed by atoms with Crippen LogP contribution in [0.25, 0.3) is 0 Å². The first-order valence-corrected chi connectivity index (χ1v) is 7.61. The maximum absolute atomic E-state index is 12.0. The average Bonchev–Trinajstić information content (AvgIpc) is 2.51. The van der Waals surface area contributed by atoms with Gasteiger partial charge in [-0.3, -0.25) is 4.79 Å². The van der Waals surface area contributed by atoms with Gasteiger partial charge in [-0.25, -0.2) is 4.79 Å². The third-order valence-electron chi connectivity index (χ3n) is 3.79. The Hall–Kier alpha value is -2.62. The molecule has 2 aromatic rings. The Kier molecular flexibility index (Phi) is 5.52. The molecule has 2 aromatic carbocycles. The molecule has 0 atom stereocenters. The van der Waals surface area contributed by atoms with Crippen LogP contribution in [-0.2, 0) is 17.6 Å². The number of hydrogen-bond acceptors (Lipinski definition) is 2. The van der Waals surface area contributed by atoms with Crippen LogP contribution in [0.3, 0.4) is 0 Å². The third kappa shape index (κ3) is 4.95. The molecule has 1 amide bonds. The first-order chi connectivity index (χ1) is 11.0. The van der Waals surface area contributed by atoms with Crippen molar-refractivity contribution in [2.24, 2.45) is 0 Å². The van der Waals surface area contributed by atoms with E-state index >= 15 is 0 Å². The second kappa shape index (κ2) is 7.58. The van der Waals surface area contributed by atoms with Gasteiger partial charge in [0.2, 0.25) is 5.91 Å². The van der Waals surface area contributed by atoms with Crippen molar-refractivity contribution >= 4 is 11.9 Å². The number of rotatable bonds is 6. The number of nitrogens with one attached hydrogen (secondary N) is 1. The number of carbonyl (C=O) groups is 2. The lowest BCUT2D eigenvalue weighted by molar-refractivity contribution is -0.120. The number of amides is 1. The van der Waals surface area contributed by atoms with Crippen molar-refractivity contribution in [1.82, 2.24) is 5.32 Å². The predicted molar refractivity (Wildman–Crippen MR) is 89.7 cm³/mol. The Morgan fingerprint density at radius 2 is 1.74 bits per heavy atom. The van der Waals surface area contributed by atoms with Gasteiger partial charge in [0, 0.05) is 6.54 Å². The van der Waals surface area contributed by atoms with Crippen molar-refractivity contribution in [3.05, 3.63) is 70.3 Å². The molecule has 2 N–H and O–H groups in total. The zero-order valence-corrected chi connectivity index (χ0v) is 13.4. The molecule has 0 saturated carbocycles. The molecule has 0 heterocycles. The van der Waals surface area contributed by atoms with Gasteiger partial charge < -0.3 is 10.4 Å². The zero-order valence-electron chi connectivity index (χ0n) is 13.4. The summed E-state index contributed by atoms with van der Waals surface area (Å²) in [4.78, 5) is 22.8. The lowest BCUT2D eigenvalue weighted by Crippen LogP contribution is -2.27. The van der Waals surface area contributed by atoms with E-state index in [-0.39, 0.29) is 11.5 Å². The summed E-state index contributed by atoms with van der Waals surface area (Å²) in [6.07, 6.45) is 1.06. The molecular weight excluding hydrogens is 290 g/mol. The molecule has 0 aromatic heterocycles. The smallest absolute Gasteiger partial charge is 0.335 e. The summed E-state index contributed by atoms with van der Waals surface area (Å²) in [6, 6.07) is 12.8. The fourth-order valence-corrected chi connectivity index (χ4v) is 2.39. The number of benzene rings is 2. The van der Waals surface area contributed by atoms with Crippen LogP contribution in [0.2, 0.25) is 0 Å². The van der Waals surface area contributed by atoms with Gasteiger partial charge in [-0.1, -0.05) is 35.9 Å². The van der Waals surface area contributed by atoms with Crippen LogP contribution in [0.15, 0.2) is 42.5 Å². The van der Waals surface area contributed by atoms with E-state index in [9.17, 15) is 9.59 Å². The minimum Gasteiger partial charge on any atom is -0.478 e. The maximum Gasteiger partial charge on any atom is 0.335 e. The molecule has 0 unspecified atom stereocenters. The van der Waals surface area contributed by atoms with Crippen molar-refractivity contribution in [2.45, 2.75) is 26.7 Å². The van der Waals surface area contributed by atoms with Crippen molar-refractivity contribution in [2.75, 3.05) is 6.54 Å². The molecule has 0 spiro atoms. The quantitative estimate of drug-likeness (QED) is 0.862. The molecule has 0 bridgehead atoms. The van der Waals surface area contributed by atoms with Gasteiger partial charge >= 0.3 is 5.97 Å². The van der Waals surface area contributed by atoms with E-state index in [2.05, 4.69) is 5.32 Å². The standard InChI is InChI=1S/C19H21NO3/c1-13-3-4-14(2)17(11-13)12-18(21)20-10-9-15-5-7-16(8-6-15)19(22)23/h3-8,11H,9-10,12H2,1-2H3,(H,20,21)(H,22,23). The normalized spacial score (nSPS) is 10.3. The summed E-state index contributed by atoms with van der Waals surface area (Å²) in [5.74, 6) is -0.931. The Morgan fingerprint density at radius 3 is 2.39 bits per heavy atom. The summed E-state index contributed by atoms with van der Waals surface area (Å²) in [7, 11) is 0. The highest BCUT2D eigenvalue weighted by atomic mass is 16.4. The molecule has 120 valence electrons. The van der Waals surface area contributed by atoms with Crippen LogP contribution in [0.1, 0.15) is 32.6 Å². The van der Waals surface area contributed by atoms with Gasteiger partial charge in [-0.15, -0.1) is 0 Å². The highest BCUT2D eigenvalue weighted by Crippen LogP contribution is 2.11. The molecule has 4 heteroatoms. The van der Waals surface area contributed by atoms with Gasteiger partial charge in [0.15, 0.2) is 0 Å². The highest BCUT2D eigenvalue weighted by Gasteiger charge is 2.06. The second-order valence-electron chi connectivity index (χ2n) is 5.71. The maximum atomic E-state index is 12.0. The van der Waals surface area contributed by atoms with Crippen LogP contribution in [-0.4, -0.2) is 23.5 Å². The van der Waals surface area contributed by atoms with Crippen LogP contribution in [0.4, 0.5) is 0 Å². The molecule has 0 aliphatic rings. The molecule has 23 heavy (non-hydrogen) atoms. The Bertz CT molecular complexity index is 705. The number of carbonyl (C=O) groups excluding carboxylic acids is 1. The van der Waals surface area contributed by atoms with Crippen LogP contribution >= 0.6 is 0 Å². The topological polar surface area (TPSA) is 66.4 Å². The summed E-state index contributed by atoms with van der Waals surface area (Å²) < 4.78 is 0.